The van der Waals surface area contributed by atoms with Crippen molar-refractivity contribution in [2.45, 2.75) is 103 Å². The third-order valence-corrected chi connectivity index (χ3v) is 4.09. The van der Waals surface area contributed by atoms with Crippen LogP contribution in [0.3, 0.4) is 0 Å². The zero-order valence-electron chi connectivity index (χ0n) is 14.6. The molecule has 0 aromatic heterocycles. The molecule has 1 N–H and O–H groups in total. The maximum atomic E-state index is 8.68. The van der Waals surface area contributed by atoms with Crippen LogP contribution in [0.15, 0.2) is 0 Å². The predicted octanol–water partition coefficient (Wildman–Crippen LogP) is 5.87. The van der Waals surface area contributed by atoms with Crippen LogP contribution in [0.2, 0.25) is 0 Å². The molecule has 0 spiro atoms. The van der Waals surface area contributed by atoms with Gasteiger partial charge in [0, 0.05) is 19.8 Å². The van der Waals surface area contributed by atoms with Gasteiger partial charge in [0.05, 0.1) is 0 Å². The molecule has 0 aliphatic carbocycles. The predicted molar refractivity (Wildman–Crippen MR) is 92.8 cm³/mol. The van der Waals surface area contributed by atoms with Crippen molar-refractivity contribution in [1.82, 2.24) is 0 Å². The molecule has 0 heterocycles. The number of ether oxygens (including phenoxy) is 1. The van der Waals surface area contributed by atoms with Crippen molar-refractivity contribution in [1.29, 1.82) is 0 Å². The molecule has 0 fully saturated rings. The van der Waals surface area contributed by atoms with Crippen LogP contribution in [-0.2, 0) is 4.74 Å². The molecule has 0 bridgehead atoms. The molecule has 0 atom stereocenters. The highest BCUT2D eigenvalue weighted by atomic mass is 16.5. The lowest BCUT2D eigenvalue weighted by Crippen LogP contribution is -1.97. The molecule has 2 heteroatoms. The Balaban J connectivity index is 2.90. The van der Waals surface area contributed by atoms with Crippen molar-refractivity contribution in [3.63, 3.8) is 0 Å². The van der Waals surface area contributed by atoms with E-state index in [0.29, 0.717) is 6.61 Å². The Bertz CT molecular complexity index is 153. The minimum atomic E-state index is 0.354. The van der Waals surface area contributed by atoms with Crippen LogP contribution in [-0.4, -0.2) is 24.9 Å². The lowest BCUT2D eigenvalue weighted by Gasteiger charge is -2.05. The smallest absolute Gasteiger partial charge is 0.0466 e. The van der Waals surface area contributed by atoms with Gasteiger partial charge in [-0.3, -0.25) is 0 Å². The third kappa shape index (κ3) is 19.9. The van der Waals surface area contributed by atoms with Crippen molar-refractivity contribution in [3.05, 3.63) is 0 Å². The Morgan fingerprint density at radius 2 is 0.905 bits per heavy atom. The van der Waals surface area contributed by atoms with Gasteiger partial charge >= 0.3 is 0 Å². The zero-order valence-corrected chi connectivity index (χ0v) is 14.6. The van der Waals surface area contributed by atoms with Gasteiger partial charge in [-0.25, -0.2) is 0 Å². The van der Waals surface area contributed by atoms with E-state index in [4.69, 9.17) is 9.84 Å². The number of aliphatic hydroxyl groups excluding tert-OH is 1. The van der Waals surface area contributed by atoms with Gasteiger partial charge in [0.1, 0.15) is 0 Å². The Hall–Kier alpha value is -0.0800. The van der Waals surface area contributed by atoms with Crippen LogP contribution in [0.1, 0.15) is 103 Å². The van der Waals surface area contributed by atoms with E-state index < -0.39 is 0 Å². The summed E-state index contributed by atoms with van der Waals surface area (Å²) in [7, 11) is 0. The second-order valence-electron chi connectivity index (χ2n) is 6.29. The van der Waals surface area contributed by atoms with Gasteiger partial charge in [0.2, 0.25) is 0 Å². The van der Waals surface area contributed by atoms with E-state index in [0.717, 1.165) is 19.6 Å². The van der Waals surface area contributed by atoms with Crippen LogP contribution in [0.5, 0.6) is 0 Å². The van der Waals surface area contributed by atoms with Crippen molar-refractivity contribution < 1.29 is 9.84 Å². The Kier molecular flexibility index (Phi) is 19.8. The molecule has 0 radical (unpaired) electrons. The lowest BCUT2D eigenvalue weighted by atomic mass is 10.1. The van der Waals surface area contributed by atoms with Gasteiger partial charge < -0.3 is 9.84 Å². The molecule has 0 aromatic carbocycles. The van der Waals surface area contributed by atoms with Crippen LogP contribution in [0.25, 0.3) is 0 Å². The lowest BCUT2D eigenvalue weighted by molar-refractivity contribution is 0.125. The summed E-state index contributed by atoms with van der Waals surface area (Å²) in [6.45, 7) is 4.54. The monoisotopic (exact) mass is 300 g/mol. The van der Waals surface area contributed by atoms with Crippen LogP contribution in [0.4, 0.5) is 0 Å². The van der Waals surface area contributed by atoms with Gasteiger partial charge in [-0.15, -0.1) is 0 Å². The fourth-order valence-corrected chi connectivity index (χ4v) is 2.64. The van der Waals surface area contributed by atoms with Crippen LogP contribution < -0.4 is 0 Å². The molecule has 21 heavy (non-hydrogen) atoms. The first kappa shape index (κ1) is 20.9. The second-order valence-corrected chi connectivity index (χ2v) is 6.29. The Labute approximate surface area is 133 Å². The fraction of sp³-hybridized carbons (Fsp3) is 1.00. The van der Waals surface area contributed by atoms with Crippen molar-refractivity contribution in [3.8, 4) is 0 Å². The normalized spacial score (nSPS) is 11.1. The SMILES string of the molecule is CCCCCCCCCCOCCCCCCCCCO. The van der Waals surface area contributed by atoms with E-state index in [2.05, 4.69) is 6.92 Å². The van der Waals surface area contributed by atoms with E-state index in [1.54, 1.807) is 0 Å². The summed E-state index contributed by atoms with van der Waals surface area (Å²) in [5.41, 5.74) is 0. The summed E-state index contributed by atoms with van der Waals surface area (Å²) in [6, 6.07) is 0. The van der Waals surface area contributed by atoms with Gasteiger partial charge in [0.25, 0.3) is 0 Å². The summed E-state index contributed by atoms with van der Waals surface area (Å²) in [5, 5.41) is 8.68. The molecule has 0 aliphatic rings. The molecule has 2 nitrogen and oxygen atoms in total. The number of hydrogen-bond donors (Lipinski definition) is 1. The Morgan fingerprint density at radius 3 is 1.33 bits per heavy atom. The minimum Gasteiger partial charge on any atom is -0.396 e. The molecule has 0 aliphatic heterocycles. The molecule has 128 valence electrons. The van der Waals surface area contributed by atoms with Crippen molar-refractivity contribution in [2.24, 2.45) is 0 Å². The van der Waals surface area contributed by atoms with Crippen molar-refractivity contribution in [2.75, 3.05) is 19.8 Å². The first-order valence-electron chi connectivity index (χ1n) is 9.60. The topological polar surface area (TPSA) is 29.5 Å². The Morgan fingerprint density at radius 1 is 0.524 bits per heavy atom. The highest BCUT2D eigenvalue weighted by molar-refractivity contribution is 4.47. The van der Waals surface area contributed by atoms with Crippen molar-refractivity contribution >= 4 is 0 Å². The molecule has 0 saturated carbocycles. The van der Waals surface area contributed by atoms with Crippen LogP contribution in [0, 0.1) is 0 Å². The fourth-order valence-electron chi connectivity index (χ4n) is 2.64. The van der Waals surface area contributed by atoms with Gasteiger partial charge in [-0.2, -0.15) is 0 Å². The van der Waals surface area contributed by atoms with Gasteiger partial charge in [-0.1, -0.05) is 84.0 Å². The second kappa shape index (κ2) is 19.9. The maximum absolute atomic E-state index is 8.68. The summed E-state index contributed by atoms with van der Waals surface area (Å²) >= 11 is 0. The summed E-state index contributed by atoms with van der Waals surface area (Å²) < 4.78 is 5.69. The molecule has 0 aromatic rings. The van der Waals surface area contributed by atoms with Crippen LogP contribution >= 0.6 is 0 Å². The van der Waals surface area contributed by atoms with E-state index in [1.807, 2.05) is 0 Å². The van der Waals surface area contributed by atoms with Gasteiger partial charge in [-0.05, 0) is 19.3 Å². The summed E-state index contributed by atoms with van der Waals surface area (Å²) in [6.07, 6.45) is 19.6. The number of unbranched alkanes of at least 4 members (excludes halogenated alkanes) is 13. The highest BCUT2D eigenvalue weighted by Crippen LogP contribution is 2.09. The molecular weight excluding hydrogens is 260 g/mol. The number of rotatable bonds is 18. The van der Waals surface area contributed by atoms with E-state index >= 15 is 0 Å². The standard InChI is InChI=1S/C19H40O2/c1-2-3-4-5-6-9-12-15-18-21-19-16-13-10-7-8-11-14-17-20/h20H,2-19H2,1H3. The molecule has 0 unspecified atom stereocenters. The summed E-state index contributed by atoms with van der Waals surface area (Å²) in [5.74, 6) is 0. The molecule has 0 saturated heterocycles. The zero-order chi connectivity index (χ0) is 15.4. The van der Waals surface area contributed by atoms with E-state index in [1.165, 1.54) is 89.9 Å². The average molecular weight is 301 g/mol. The van der Waals surface area contributed by atoms with E-state index in [9.17, 15) is 0 Å². The largest absolute Gasteiger partial charge is 0.396 e. The van der Waals surface area contributed by atoms with E-state index in [-0.39, 0.29) is 0 Å². The quantitative estimate of drug-likeness (QED) is 0.321. The highest BCUT2D eigenvalue weighted by Gasteiger charge is 1.94. The maximum Gasteiger partial charge on any atom is 0.0466 e. The third-order valence-electron chi connectivity index (χ3n) is 4.09. The van der Waals surface area contributed by atoms with Gasteiger partial charge in [0.15, 0.2) is 0 Å². The number of aliphatic hydroxyl groups is 1. The first-order valence-corrected chi connectivity index (χ1v) is 9.60. The summed E-state index contributed by atoms with van der Waals surface area (Å²) in [4.78, 5) is 0. The average Bonchev–Trinajstić information content (AvgIpc) is 2.50. The molecule has 0 amide bonds. The number of hydrogen-bond acceptors (Lipinski definition) is 2. The minimum absolute atomic E-state index is 0.354. The first-order chi connectivity index (χ1) is 10.4. The molecule has 0 rings (SSSR count). The molecular formula is C19H40O2.